The molecule has 1 unspecified atom stereocenters. The van der Waals surface area contributed by atoms with Crippen LogP contribution in [-0.4, -0.2) is 0 Å². The molecule has 0 radical (unpaired) electrons. The number of rotatable bonds is 5. The summed E-state index contributed by atoms with van der Waals surface area (Å²) in [6.07, 6.45) is 13.4. The van der Waals surface area contributed by atoms with Crippen LogP contribution < -0.4 is 0 Å². The maximum absolute atomic E-state index is 2.42. The van der Waals surface area contributed by atoms with Gasteiger partial charge in [0.1, 0.15) is 0 Å². The summed E-state index contributed by atoms with van der Waals surface area (Å²) in [6.45, 7) is 2.27. The Balaban J connectivity index is 2.19. The second kappa shape index (κ2) is 6.44. The van der Waals surface area contributed by atoms with E-state index in [0.29, 0.717) is 5.92 Å². The first-order valence-electron chi connectivity index (χ1n) is 6.83. The molecule has 1 atom stereocenters. The third-order valence-corrected chi connectivity index (χ3v) is 3.47. The van der Waals surface area contributed by atoms with Gasteiger partial charge in [-0.05, 0) is 30.4 Å². The summed E-state index contributed by atoms with van der Waals surface area (Å²) in [5.41, 5.74) is 3.00. The van der Waals surface area contributed by atoms with Gasteiger partial charge in [0.15, 0.2) is 0 Å². The second-order valence-corrected chi connectivity index (χ2v) is 4.79. The topological polar surface area (TPSA) is 0 Å². The number of hydrogen-bond acceptors (Lipinski definition) is 0. The highest BCUT2D eigenvalue weighted by molar-refractivity contribution is 5.36. The van der Waals surface area contributed by atoms with Crippen LogP contribution in [0.15, 0.2) is 54.1 Å². The minimum atomic E-state index is 0.604. The van der Waals surface area contributed by atoms with E-state index in [1.165, 1.54) is 43.2 Å². The summed E-state index contributed by atoms with van der Waals surface area (Å²) in [5, 5.41) is 0. The van der Waals surface area contributed by atoms with Gasteiger partial charge in [0.05, 0.1) is 0 Å². The fourth-order valence-corrected chi connectivity index (χ4v) is 2.51. The number of unbranched alkanes of at least 4 members (excludes halogenated alkanes) is 1. The van der Waals surface area contributed by atoms with Gasteiger partial charge in [-0.15, -0.1) is 0 Å². The number of benzene rings is 1. The molecule has 0 aromatic heterocycles. The predicted octanol–water partition coefficient (Wildman–Crippen LogP) is 5.24. The molecule has 1 aromatic carbocycles. The Morgan fingerprint density at radius 1 is 1.12 bits per heavy atom. The average Bonchev–Trinajstić information content (AvgIpc) is 2.42. The molecule has 0 spiro atoms. The quantitative estimate of drug-likeness (QED) is 0.644. The largest absolute Gasteiger partial charge is 0.0839 e. The normalized spacial score (nSPS) is 16.6. The van der Waals surface area contributed by atoms with Crippen molar-refractivity contribution in [3.8, 4) is 0 Å². The van der Waals surface area contributed by atoms with Gasteiger partial charge in [0.25, 0.3) is 0 Å². The highest BCUT2D eigenvalue weighted by atomic mass is 14.2. The highest BCUT2D eigenvalue weighted by Crippen LogP contribution is 2.32. The fourth-order valence-electron chi connectivity index (χ4n) is 2.51. The molecule has 1 aliphatic carbocycles. The first kappa shape index (κ1) is 12.2. The van der Waals surface area contributed by atoms with Crippen LogP contribution in [-0.2, 0) is 0 Å². The first-order chi connectivity index (χ1) is 8.42. The van der Waals surface area contributed by atoms with Crippen LogP contribution in [0.3, 0.4) is 0 Å². The Bertz CT molecular complexity index is 384. The summed E-state index contributed by atoms with van der Waals surface area (Å²) in [7, 11) is 0. The molecule has 90 valence electrons. The van der Waals surface area contributed by atoms with E-state index >= 15 is 0 Å². The van der Waals surface area contributed by atoms with Crippen LogP contribution in [0.4, 0.5) is 0 Å². The summed E-state index contributed by atoms with van der Waals surface area (Å²) >= 11 is 0. The SMILES string of the molecule is CCCCC(C1=CCCC=C1)c1ccccc1. The van der Waals surface area contributed by atoms with Crippen LogP contribution in [0, 0.1) is 0 Å². The van der Waals surface area contributed by atoms with Gasteiger partial charge < -0.3 is 0 Å². The molecule has 0 fully saturated rings. The molecular formula is C17H22. The van der Waals surface area contributed by atoms with E-state index in [1.54, 1.807) is 0 Å². The van der Waals surface area contributed by atoms with Gasteiger partial charge in [-0.25, -0.2) is 0 Å². The predicted molar refractivity (Wildman–Crippen MR) is 75.2 cm³/mol. The lowest BCUT2D eigenvalue weighted by atomic mass is 9.84. The number of hydrogen-bond donors (Lipinski definition) is 0. The van der Waals surface area contributed by atoms with Crippen molar-refractivity contribution in [2.24, 2.45) is 0 Å². The molecular weight excluding hydrogens is 204 g/mol. The highest BCUT2D eigenvalue weighted by Gasteiger charge is 2.14. The summed E-state index contributed by atoms with van der Waals surface area (Å²) in [6, 6.07) is 10.9. The zero-order valence-electron chi connectivity index (χ0n) is 10.7. The van der Waals surface area contributed by atoms with Crippen molar-refractivity contribution in [2.75, 3.05) is 0 Å². The molecule has 0 bridgehead atoms. The van der Waals surface area contributed by atoms with Crippen molar-refractivity contribution >= 4 is 0 Å². The van der Waals surface area contributed by atoms with Crippen molar-refractivity contribution in [2.45, 2.75) is 44.9 Å². The maximum atomic E-state index is 2.42. The summed E-state index contributed by atoms with van der Waals surface area (Å²) in [5.74, 6) is 0.604. The van der Waals surface area contributed by atoms with E-state index < -0.39 is 0 Å². The van der Waals surface area contributed by atoms with E-state index in [1.807, 2.05) is 0 Å². The Morgan fingerprint density at radius 2 is 1.94 bits per heavy atom. The van der Waals surface area contributed by atoms with Crippen LogP contribution >= 0.6 is 0 Å². The van der Waals surface area contributed by atoms with Crippen LogP contribution in [0.2, 0.25) is 0 Å². The molecule has 0 amide bonds. The minimum absolute atomic E-state index is 0.604. The van der Waals surface area contributed by atoms with Crippen molar-refractivity contribution in [3.63, 3.8) is 0 Å². The van der Waals surface area contributed by atoms with E-state index in [2.05, 4.69) is 55.5 Å². The lowest BCUT2D eigenvalue weighted by Crippen LogP contribution is -2.03. The van der Waals surface area contributed by atoms with Crippen molar-refractivity contribution in [3.05, 3.63) is 59.7 Å². The van der Waals surface area contributed by atoms with Gasteiger partial charge in [0, 0.05) is 5.92 Å². The molecule has 2 rings (SSSR count). The van der Waals surface area contributed by atoms with Gasteiger partial charge in [0.2, 0.25) is 0 Å². The molecule has 0 heterocycles. The summed E-state index contributed by atoms with van der Waals surface area (Å²) < 4.78 is 0. The van der Waals surface area contributed by atoms with Crippen LogP contribution in [0.1, 0.15) is 50.5 Å². The van der Waals surface area contributed by atoms with Crippen LogP contribution in [0.5, 0.6) is 0 Å². The molecule has 0 saturated carbocycles. The monoisotopic (exact) mass is 226 g/mol. The third-order valence-electron chi connectivity index (χ3n) is 3.47. The standard InChI is InChI=1S/C17H22/c1-2-3-14-17(15-10-6-4-7-11-15)16-12-8-5-9-13-16/h4,6-8,10-13,17H,2-3,5,9,14H2,1H3. The fraction of sp³-hybridized carbons (Fsp3) is 0.412. The Kier molecular flexibility index (Phi) is 4.61. The zero-order valence-corrected chi connectivity index (χ0v) is 10.7. The summed E-state index contributed by atoms with van der Waals surface area (Å²) in [4.78, 5) is 0. The van der Waals surface area contributed by atoms with Gasteiger partial charge >= 0.3 is 0 Å². The molecule has 0 N–H and O–H groups in total. The lowest BCUT2D eigenvalue weighted by Gasteiger charge is -2.20. The molecule has 0 aliphatic heterocycles. The molecule has 0 nitrogen and oxygen atoms in total. The third kappa shape index (κ3) is 3.33. The van der Waals surface area contributed by atoms with Crippen molar-refractivity contribution in [1.82, 2.24) is 0 Å². The zero-order chi connectivity index (χ0) is 11.9. The smallest absolute Gasteiger partial charge is 0.00860 e. The molecule has 1 aromatic rings. The van der Waals surface area contributed by atoms with Gasteiger partial charge in [-0.1, -0.05) is 68.3 Å². The van der Waals surface area contributed by atoms with E-state index in [9.17, 15) is 0 Å². The minimum Gasteiger partial charge on any atom is -0.0839 e. The Hall–Kier alpha value is -1.30. The van der Waals surface area contributed by atoms with E-state index in [0.717, 1.165) is 0 Å². The van der Waals surface area contributed by atoms with Crippen molar-refractivity contribution < 1.29 is 0 Å². The van der Waals surface area contributed by atoms with Crippen LogP contribution in [0.25, 0.3) is 0 Å². The van der Waals surface area contributed by atoms with Crippen molar-refractivity contribution in [1.29, 1.82) is 0 Å². The number of allylic oxidation sites excluding steroid dienone is 4. The Labute approximate surface area is 105 Å². The first-order valence-corrected chi connectivity index (χ1v) is 6.83. The molecule has 0 heteroatoms. The van der Waals surface area contributed by atoms with Gasteiger partial charge in [-0.2, -0.15) is 0 Å². The van der Waals surface area contributed by atoms with Gasteiger partial charge in [-0.3, -0.25) is 0 Å². The van der Waals surface area contributed by atoms with E-state index in [-0.39, 0.29) is 0 Å². The Morgan fingerprint density at radius 3 is 2.59 bits per heavy atom. The maximum Gasteiger partial charge on any atom is 0.00860 e. The second-order valence-electron chi connectivity index (χ2n) is 4.79. The lowest BCUT2D eigenvalue weighted by molar-refractivity contribution is 0.645. The molecule has 0 saturated heterocycles. The molecule has 17 heavy (non-hydrogen) atoms. The molecule has 1 aliphatic rings. The average molecular weight is 226 g/mol. The van der Waals surface area contributed by atoms with E-state index in [4.69, 9.17) is 0 Å².